The Balaban J connectivity index is 1.77. The molecule has 0 radical (unpaired) electrons. The van der Waals surface area contributed by atoms with E-state index in [1.165, 1.54) is 12.1 Å². The van der Waals surface area contributed by atoms with Crippen molar-refractivity contribution >= 4 is 17.2 Å². The molecular weight excluding hydrogens is 367 g/mol. The van der Waals surface area contributed by atoms with Crippen LogP contribution in [0.25, 0.3) is 16.8 Å². The molecule has 1 amide bonds. The van der Waals surface area contributed by atoms with E-state index in [2.05, 4.69) is 15.4 Å². The van der Waals surface area contributed by atoms with Crippen molar-refractivity contribution in [1.82, 2.24) is 14.6 Å². The zero-order valence-electron chi connectivity index (χ0n) is 16.7. The van der Waals surface area contributed by atoms with E-state index < -0.39 is 0 Å². The molecule has 5 nitrogen and oxygen atoms in total. The zero-order valence-corrected chi connectivity index (χ0v) is 16.7. The number of aryl methyl sites for hydroxylation is 4. The fourth-order valence-corrected chi connectivity index (χ4v) is 3.57. The quantitative estimate of drug-likeness (QED) is 0.536. The Kier molecular flexibility index (Phi) is 4.62. The lowest BCUT2D eigenvalue weighted by molar-refractivity contribution is 0.102. The second kappa shape index (κ2) is 7.13. The van der Waals surface area contributed by atoms with E-state index in [0.29, 0.717) is 16.9 Å². The number of anilines is 1. The smallest absolute Gasteiger partial charge is 0.259 e. The summed E-state index contributed by atoms with van der Waals surface area (Å²) in [5, 5.41) is 7.57. The molecule has 0 bridgehead atoms. The van der Waals surface area contributed by atoms with Crippen LogP contribution in [-0.4, -0.2) is 20.5 Å². The predicted molar refractivity (Wildman–Crippen MR) is 112 cm³/mol. The number of nitrogens with zero attached hydrogens (tertiary/aromatic N) is 3. The first-order chi connectivity index (χ1) is 13.9. The molecule has 0 fully saturated rings. The fraction of sp³-hybridized carbons (Fsp3) is 0.174. The number of amides is 1. The summed E-state index contributed by atoms with van der Waals surface area (Å²) >= 11 is 0. The van der Waals surface area contributed by atoms with Gasteiger partial charge in [0.1, 0.15) is 5.82 Å². The lowest BCUT2D eigenvalue weighted by Gasteiger charge is -2.13. The molecule has 2 heterocycles. The maximum Gasteiger partial charge on any atom is 0.259 e. The number of rotatable bonds is 3. The number of hydrogen-bond donors (Lipinski definition) is 1. The second-order valence-corrected chi connectivity index (χ2v) is 7.18. The molecule has 29 heavy (non-hydrogen) atoms. The van der Waals surface area contributed by atoms with Crippen molar-refractivity contribution in [2.24, 2.45) is 0 Å². The van der Waals surface area contributed by atoms with Gasteiger partial charge in [-0.25, -0.2) is 13.9 Å². The third-order valence-corrected chi connectivity index (χ3v) is 5.16. The van der Waals surface area contributed by atoms with Crippen LogP contribution in [0.1, 0.15) is 32.9 Å². The number of fused-ring (bicyclic) bond motifs is 1. The van der Waals surface area contributed by atoms with Gasteiger partial charge in [-0.05, 0) is 56.5 Å². The number of aromatic nitrogens is 3. The molecular formula is C23H21FN4O. The molecule has 4 rings (SSSR count). The highest BCUT2D eigenvalue weighted by Crippen LogP contribution is 2.29. The lowest BCUT2D eigenvalue weighted by atomic mass is 10.1. The van der Waals surface area contributed by atoms with E-state index in [-0.39, 0.29) is 11.7 Å². The van der Waals surface area contributed by atoms with Gasteiger partial charge in [-0.3, -0.25) is 4.79 Å². The molecule has 0 spiro atoms. The number of carbonyl (C=O) groups is 1. The minimum atomic E-state index is -0.294. The molecule has 6 heteroatoms. The number of hydrogen-bond acceptors (Lipinski definition) is 3. The Bertz CT molecular complexity index is 1220. The third kappa shape index (κ3) is 3.27. The normalized spacial score (nSPS) is 11.1. The van der Waals surface area contributed by atoms with Crippen LogP contribution < -0.4 is 5.32 Å². The summed E-state index contributed by atoms with van der Waals surface area (Å²) in [7, 11) is 0. The van der Waals surface area contributed by atoms with Gasteiger partial charge in [-0.1, -0.05) is 30.3 Å². The van der Waals surface area contributed by atoms with Crippen LogP contribution in [0.5, 0.6) is 0 Å². The first kappa shape index (κ1) is 18.8. The summed E-state index contributed by atoms with van der Waals surface area (Å²) < 4.78 is 15.0. The standard InChI is InChI=1S/C23H21FN4O/c1-13-6-5-7-14(2)21(13)26-23(29)19-12-25-22-20(15(3)27-28(22)16(19)4)17-8-10-18(24)11-9-17/h5-12H,1-4H3,(H,26,29). The summed E-state index contributed by atoms with van der Waals surface area (Å²) in [4.78, 5) is 17.5. The van der Waals surface area contributed by atoms with Gasteiger partial charge in [0.2, 0.25) is 0 Å². The van der Waals surface area contributed by atoms with Gasteiger partial charge >= 0.3 is 0 Å². The van der Waals surface area contributed by atoms with E-state index in [1.54, 1.807) is 22.8 Å². The van der Waals surface area contributed by atoms with Crippen LogP contribution in [0.15, 0.2) is 48.7 Å². The number of halogens is 1. The highest BCUT2D eigenvalue weighted by atomic mass is 19.1. The van der Waals surface area contributed by atoms with Gasteiger partial charge in [-0.15, -0.1) is 0 Å². The Morgan fingerprint density at radius 2 is 1.66 bits per heavy atom. The van der Waals surface area contributed by atoms with Crippen LogP contribution in [0, 0.1) is 33.5 Å². The summed E-state index contributed by atoms with van der Waals surface area (Å²) in [5.41, 5.74) is 7.00. The van der Waals surface area contributed by atoms with Crippen LogP contribution >= 0.6 is 0 Å². The van der Waals surface area contributed by atoms with Crippen LogP contribution in [0.4, 0.5) is 10.1 Å². The summed E-state index contributed by atoms with van der Waals surface area (Å²) in [6.45, 7) is 7.64. The van der Waals surface area contributed by atoms with Crippen molar-refractivity contribution in [1.29, 1.82) is 0 Å². The maximum atomic E-state index is 13.3. The second-order valence-electron chi connectivity index (χ2n) is 7.18. The van der Waals surface area contributed by atoms with Gasteiger partial charge in [0.15, 0.2) is 5.65 Å². The molecule has 0 unspecified atom stereocenters. The monoisotopic (exact) mass is 388 g/mol. The van der Waals surface area contributed by atoms with Crippen molar-refractivity contribution in [3.63, 3.8) is 0 Å². The third-order valence-electron chi connectivity index (χ3n) is 5.16. The van der Waals surface area contributed by atoms with Crippen LogP contribution in [0.2, 0.25) is 0 Å². The molecule has 0 atom stereocenters. The van der Waals surface area contributed by atoms with Crippen molar-refractivity contribution < 1.29 is 9.18 Å². The molecule has 0 saturated heterocycles. The number of carbonyl (C=O) groups excluding carboxylic acids is 1. The predicted octanol–water partition coefficient (Wildman–Crippen LogP) is 5.02. The topological polar surface area (TPSA) is 59.3 Å². The Morgan fingerprint density at radius 3 is 2.31 bits per heavy atom. The van der Waals surface area contributed by atoms with Crippen LogP contribution in [0.3, 0.4) is 0 Å². The Hall–Kier alpha value is -3.54. The highest BCUT2D eigenvalue weighted by molar-refractivity contribution is 6.05. The largest absolute Gasteiger partial charge is 0.321 e. The molecule has 0 saturated carbocycles. The molecule has 4 aromatic rings. The Labute approximate surface area is 168 Å². The van der Waals surface area contributed by atoms with Crippen molar-refractivity contribution in [3.8, 4) is 11.1 Å². The maximum absolute atomic E-state index is 13.3. The van der Waals surface area contributed by atoms with Gasteiger partial charge in [0.25, 0.3) is 5.91 Å². The van der Waals surface area contributed by atoms with E-state index in [0.717, 1.165) is 33.6 Å². The van der Waals surface area contributed by atoms with E-state index in [9.17, 15) is 9.18 Å². The molecule has 0 aliphatic heterocycles. The zero-order chi connectivity index (χ0) is 20.7. The van der Waals surface area contributed by atoms with E-state index >= 15 is 0 Å². The summed E-state index contributed by atoms with van der Waals surface area (Å²) in [6.07, 6.45) is 1.57. The van der Waals surface area contributed by atoms with Gasteiger partial charge in [0.05, 0.1) is 17.0 Å². The summed E-state index contributed by atoms with van der Waals surface area (Å²) in [6, 6.07) is 12.1. The van der Waals surface area contributed by atoms with Gasteiger partial charge < -0.3 is 5.32 Å². The lowest BCUT2D eigenvalue weighted by Crippen LogP contribution is -2.17. The summed E-state index contributed by atoms with van der Waals surface area (Å²) in [5.74, 6) is -0.525. The van der Waals surface area contributed by atoms with Gasteiger partial charge in [-0.2, -0.15) is 5.10 Å². The average molecular weight is 388 g/mol. The minimum Gasteiger partial charge on any atom is -0.321 e. The number of nitrogens with one attached hydrogen (secondary N) is 1. The fourth-order valence-electron chi connectivity index (χ4n) is 3.57. The molecule has 2 aromatic carbocycles. The number of benzene rings is 2. The van der Waals surface area contributed by atoms with Gasteiger partial charge in [0, 0.05) is 17.4 Å². The highest BCUT2D eigenvalue weighted by Gasteiger charge is 2.19. The Morgan fingerprint density at radius 1 is 1.00 bits per heavy atom. The molecule has 0 aliphatic rings. The minimum absolute atomic E-state index is 0.231. The molecule has 146 valence electrons. The SMILES string of the molecule is Cc1cccc(C)c1NC(=O)c1cnc2c(-c3ccc(F)cc3)c(C)nn2c1C. The van der Waals surface area contributed by atoms with Crippen molar-refractivity contribution in [2.45, 2.75) is 27.7 Å². The molecule has 2 aromatic heterocycles. The van der Waals surface area contributed by atoms with Crippen molar-refractivity contribution in [3.05, 3.63) is 82.6 Å². The van der Waals surface area contributed by atoms with E-state index in [4.69, 9.17) is 0 Å². The van der Waals surface area contributed by atoms with E-state index in [1.807, 2.05) is 45.9 Å². The first-order valence-corrected chi connectivity index (χ1v) is 9.35. The average Bonchev–Trinajstić information content (AvgIpc) is 3.03. The number of para-hydroxylation sites is 1. The first-order valence-electron chi connectivity index (χ1n) is 9.35. The van der Waals surface area contributed by atoms with Crippen LogP contribution in [-0.2, 0) is 0 Å². The molecule has 1 N–H and O–H groups in total. The molecule has 0 aliphatic carbocycles. The van der Waals surface area contributed by atoms with Crippen molar-refractivity contribution in [2.75, 3.05) is 5.32 Å².